The number of ether oxygens (including phenoxy) is 1. The van der Waals surface area contributed by atoms with Gasteiger partial charge in [0.1, 0.15) is 16.6 Å². The normalized spacial score (nSPS) is 27.0. The summed E-state index contributed by atoms with van der Waals surface area (Å²) >= 11 is 1.59. The van der Waals surface area contributed by atoms with Crippen LogP contribution in [0.15, 0.2) is 0 Å². The first-order valence-electron chi connectivity index (χ1n) is 4.90. The molecule has 1 saturated carbocycles. The number of rotatable bonds is 3. The Morgan fingerprint density at radius 3 is 2.93 bits per heavy atom. The van der Waals surface area contributed by atoms with Crippen molar-refractivity contribution in [3.05, 3.63) is 10.0 Å². The predicted molar refractivity (Wildman–Crippen MR) is 55.0 cm³/mol. The molecule has 0 radical (unpaired) electrons. The number of nitrogens with two attached hydrogens (primary N) is 1. The molecule has 0 aliphatic heterocycles. The van der Waals surface area contributed by atoms with Crippen molar-refractivity contribution in [3.8, 4) is 0 Å². The van der Waals surface area contributed by atoms with Gasteiger partial charge in [0.25, 0.3) is 0 Å². The minimum atomic E-state index is 0.328. The van der Waals surface area contributed by atoms with Gasteiger partial charge in [0, 0.05) is 6.04 Å². The predicted octanol–water partition coefficient (Wildman–Crippen LogP) is 1.24. The molecule has 2 N–H and O–H groups in total. The fourth-order valence-electron chi connectivity index (χ4n) is 1.71. The second-order valence-electron chi connectivity index (χ2n) is 3.72. The van der Waals surface area contributed by atoms with Gasteiger partial charge >= 0.3 is 0 Å². The summed E-state index contributed by atoms with van der Waals surface area (Å²) in [5.74, 6) is 0. The Hall–Kier alpha value is -0.520. The summed E-state index contributed by atoms with van der Waals surface area (Å²) < 4.78 is 5.70. The third-order valence-electron chi connectivity index (χ3n) is 2.44. The highest BCUT2D eigenvalue weighted by Crippen LogP contribution is 2.22. The first-order chi connectivity index (χ1) is 6.74. The minimum Gasteiger partial charge on any atom is -0.371 e. The Morgan fingerprint density at radius 1 is 1.50 bits per heavy atom. The van der Waals surface area contributed by atoms with E-state index in [-0.39, 0.29) is 0 Å². The van der Waals surface area contributed by atoms with E-state index in [1.54, 1.807) is 11.3 Å². The van der Waals surface area contributed by atoms with E-state index >= 15 is 0 Å². The van der Waals surface area contributed by atoms with Gasteiger partial charge < -0.3 is 10.5 Å². The summed E-state index contributed by atoms with van der Waals surface area (Å²) in [7, 11) is 0. The largest absolute Gasteiger partial charge is 0.371 e. The lowest BCUT2D eigenvalue weighted by Crippen LogP contribution is -2.17. The van der Waals surface area contributed by atoms with Gasteiger partial charge in [-0.1, -0.05) is 11.3 Å². The van der Waals surface area contributed by atoms with E-state index < -0.39 is 0 Å². The third-order valence-corrected chi connectivity index (χ3v) is 3.25. The molecule has 1 fully saturated rings. The maximum atomic E-state index is 5.79. The van der Waals surface area contributed by atoms with E-state index in [1.807, 2.05) is 6.92 Å². The molecule has 1 aromatic heterocycles. The summed E-state index contributed by atoms with van der Waals surface area (Å²) in [5.41, 5.74) is 5.79. The minimum absolute atomic E-state index is 0.328. The van der Waals surface area contributed by atoms with E-state index in [1.165, 1.54) is 0 Å². The van der Waals surface area contributed by atoms with E-state index in [0.29, 0.717) is 18.8 Å². The first kappa shape index (κ1) is 10.0. The molecule has 0 amide bonds. The highest BCUT2D eigenvalue weighted by atomic mass is 32.1. The summed E-state index contributed by atoms with van der Waals surface area (Å²) in [6, 6.07) is 0.330. The summed E-state index contributed by atoms with van der Waals surface area (Å²) in [6.07, 6.45) is 3.48. The van der Waals surface area contributed by atoms with Gasteiger partial charge in [-0.15, -0.1) is 10.2 Å². The summed E-state index contributed by atoms with van der Waals surface area (Å²) in [5, 5.41) is 9.90. The highest BCUT2D eigenvalue weighted by Gasteiger charge is 2.22. The molecule has 1 aliphatic carbocycles. The monoisotopic (exact) mass is 213 g/mol. The van der Waals surface area contributed by atoms with Gasteiger partial charge in [0.05, 0.1) is 6.10 Å². The molecular weight excluding hydrogens is 198 g/mol. The second kappa shape index (κ2) is 4.33. The maximum absolute atomic E-state index is 5.79. The van der Waals surface area contributed by atoms with Crippen molar-refractivity contribution in [2.75, 3.05) is 0 Å². The standard InChI is InChI=1S/C9H15N3OS/c1-6-11-12-9(14-6)5-13-8-3-2-7(10)4-8/h7-8H,2-5,10H2,1H3. The van der Waals surface area contributed by atoms with Gasteiger partial charge in [0.2, 0.25) is 0 Å². The van der Waals surface area contributed by atoms with E-state index in [9.17, 15) is 0 Å². The Bertz CT molecular complexity index is 302. The average Bonchev–Trinajstić information content (AvgIpc) is 2.72. The average molecular weight is 213 g/mol. The van der Waals surface area contributed by atoms with Crippen LogP contribution in [-0.2, 0) is 11.3 Å². The molecule has 1 heterocycles. The van der Waals surface area contributed by atoms with Crippen molar-refractivity contribution in [2.45, 2.75) is 44.9 Å². The van der Waals surface area contributed by atoms with Gasteiger partial charge in [-0.05, 0) is 26.2 Å². The van der Waals surface area contributed by atoms with Crippen LogP contribution < -0.4 is 5.73 Å². The zero-order valence-corrected chi connectivity index (χ0v) is 9.09. The first-order valence-corrected chi connectivity index (χ1v) is 5.72. The Kier molecular flexibility index (Phi) is 3.10. The van der Waals surface area contributed by atoms with Gasteiger partial charge in [-0.2, -0.15) is 0 Å². The van der Waals surface area contributed by atoms with E-state index in [2.05, 4.69) is 10.2 Å². The van der Waals surface area contributed by atoms with E-state index in [0.717, 1.165) is 29.3 Å². The zero-order valence-electron chi connectivity index (χ0n) is 8.27. The quantitative estimate of drug-likeness (QED) is 0.820. The lowest BCUT2D eigenvalue weighted by atomic mass is 10.3. The fourth-order valence-corrected chi connectivity index (χ4v) is 2.34. The Labute approximate surface area is 87.5 Å². The number of aryl methyl sites for hydroxylation is 1. The van der Waals surface area contributed by atoms with Crippen LogP contribution in [0.4, 0.5) is 0 Å². The van der Waals surface area contributed by atoms with Crippen molar-refractivity contribution in [1.82, 2.24) is 10.2 Å². The Balaban J connectivity index is 1.77. The molecule has 14 heavy (non-hydrogen) atoms. The lowest BCUT2D eigenvalue weighted by molar-refractivity contribution is 0.0444. The smallest absolute Gasteiger partial charge is 0.143 e. The number of hydrogen-bond acceptors (Lipinski definition) is 5. The molecule has 0 bridgehead atoms. The summed E-state index contributed by atoms with van der Waals surface area (Å²) in [4.78, 5) is 0. The number of aromatic nitrogens is 2. The molecule has 2 rings (SSSR count). The molecule has 0 spiro atoms. The van der Waals surface area contributed by atoms with Crippen LogP contribution >= 0.6 is 11.3 Å². The van der Waals surface area contributed by atoms with Gasteiger partial charge in [0.15, 0.2) is 0 Å². The zero-order chi connectivity index (χ0) is 9.97. The van der Waals surface area contributed by atoms with Crippen molar-refractivity contribution >= 4 is 11.3 Å². The Morgan fingerprint density at radius 2 is 2.36 bits per heavy atom. The molecule has 0 saturated heterocycles. The molecular formula is C9H15N3OS. The SMILES string of the molecule is Cc1nnc(COC2CCC(N)C2)s1. The van der Waals surface area contributed by atoms with E-state index in [4.69, 9.17) is 10.5 Å². The third kappa shape index (κ3) is 2.50. The van der Waals surface area contributed by atoms with Crippen LogP contribution in [0.25, 0.3) is 0 Å². The number of nitrogens with zero attached hydrogens (tertiary/aromatic N) is 2. The topological polar surface area (TPSA) is 61.0 Å². The van der Waals surface area contributed by atoms with Crippen molar-refractivity contribution in [3.63, 3.8) is 0 Å². The van der Waals surface area contributed by atoms with Crippen molar-refractivity contribution in [2.24, 2.45) is 5.73 Å². The van der Waals surface area contributed by atoms with Crippen LogP contribution in [0.1, 0.15) is 29.3 Å². The molecule has 0 aromatic carbocycles. The second-order valence-corrected chi connectivity index (χ2v) is 4.99. The maximum Gasteiger partial charge on any atom is 0.143 e. The van der Waals surface area contributed by atoms with Crippen molar-refractivity contribution in [1.29, 1.82) is 0 Å². The molecule has 2 unspecified atom stereocenters. The molecule has 78 valence electrons. The van der Waals surface area contributed by atoms with Gasteiger partial charge in [-0.3, -0.25) is 0 Å². The lowest BCUT2D eigenvalue weighted by Gasteiger charge is -2.09. The van der Waals surface area contributed by atoms with Crippen LogP contribution in [-0.4, -0.2) is 22.3 Å². The van der Waals surface area contributed by atoms with Crippen molar-refractivity contribution < 1.29 is 4.74 Å². The van der Waals surface area contributed by atoms with Crippen LogP contribution in [0, 0.1) is 6.92 Å². The molecule has 4 nitrogen and oxygen atoms in total. The van der Waals surface area contributed by atoms with Gasteiger partial charge in [-0.25, -0.2) is 0 Å². The molecule has 2 atom stereocenters. The fraction of sp³-hybridized carbons (Fsp3) is 0.778. The number of hydrogen-bond donors (Lipinski definition) is 1. The highest BCUT2D eigenvalue weighted by molar-refractivity contribution is 7.11. The van der Waals surface area contributed by atoms with Crippen LogP contribution in [0.5, 0.6) is 0 Å². The summed E-state index contributed by atoms with van der Waals surface area (Å²) in [6.45, 7) is 2.54. The molecule has 1 aromatic rings. The molecule has 5 heteroatoms. The molecule has 1 aliphatic rings. The van der Waals surface area contributed by atoms with Crippen LogP contribution in [0.2, 0.25) is 0 Å². The van der Waals surface area contributed by atoms with Crippen LogP contribution in [0.3, 0.4) is 0 Å².